The lowest BCUT2D eigenvalue weighted by Gasteiger charge is -2.26. The standard InChI is InChI=1S/C22H20ClF3N2O3/c1-12(21(30)31)9-14-3-4-16(11-27)18(10-14)28-20(29)19(13(2)22(24,25)26)15-5-7-17(23)8-6-15/h3-8,10,12-13,19H,9H2,1-2H3,(H,28,29)(H,30,31). The van der Waals surface area contributed by atoms with Crippen LogP contribution in [0.4, 0.5) is 18.9 Å². The van der Waals surface area contributed by atoms with Crippen LogP contribution in [-0.4, -0.2) is 23.2 Å². The fourth-order valence-corrected chi connectivity index (χ4v) is 3.22. The highest BCUT2D eigenvalue weighted by Crippen LogP contribution is 2.38. The lowest BCUT2D eigenvalue weighted by molar-refractivity contribution is -0.178. The van der Waals surface area contributed by atoms with Gasteiger partial charge in [-0.25, -0.2) is 0 Å². The number of carboxylic acids is 1. The molecule has 0 aliphatic rings. The molecule has 3 atom stereocenters. The Bertz CT molecular complexity index is 1000. The van der Waals surface area contributed by atoms with Crippen molar-refractivity contribution in [2.24, 2.45) is 11.8 Å². The third-order valence-electron chi connectivity index (χ3n) is 4.95. The maximum Gasteiger partial charge on any atom is 0.392 e. The Morgan fingerprint density at radius 2 is 1.77 bits per heavy atom. The first-order valence-corrected chi connectivity index (χ1v) is 9.70. The predicted octanol–water partition coefficient (Wildman–Crippen LogP) is 5.40. The molecule has 2 rings (SSSR count). The van der Waals surface area contributed by atoms with E-state index >= 15 is 0 Å². The Morgan fingerprint density at radius 1 is 1.16 bits per heavy atom. The van der Waals surface area contributed by atoms with Gasteiger partial charge in [0.2, 0.25) is 5.91 Å². The van der Waals surface area contributed by atoms with Crippen molar-refractivity contribution in [3.63, 3.8) is 0 Å². The summed E-state index contributed by atoms with van der Waals surface area (Å²) < 4.78 is 40.4. The van der Waals surface area contributed by atoms with Gasteiger partial charge in [0.1, 0.15) is 6.07 Å². The molecule has 0 heterocycles. The fraction of sp³-hybridized carbons (Fsp3) is 0.318. The number of nitrogens with zero attached hydrogens (tertiary/aromatic N) is 1. The van der Waals surface area contributed by atoms with E-state index < -0.39 is 35.8 Å². The van der Waals surface area contributed by atoms with Crippen molar-refractivity contribution < 1.29 is 27.9 Å². The van der Waals surface area contributed by atoms with Crippen LogP contribution in [0.5, 0.6) is 0 Å². The van der Waals surface area contributed by atoms with Crippen molar-refractivity contribution in [3.8, 4) is 6.07 Å². The van der Waals surface area contributed by atoms with Crippen LogP contribution in [0, 0.1) is 23.2 Å². The molecule has 0 saturated carbocycles. The lowest BCUT2D eigenvalue weighted by Crippen LogP contribution is -2.34. The van der Waals surface area contributed by atoms with Crippen molar-refractivity contribution in [1.29, 1.82) is 5.26 Å². The molecule has 9 heteroatoms. The summed E-state index contributed by atoms with van der Waals surface area (Å²) in [5.41, 5.74) is 0.725. The molecule has 0 aliphatic heterocycles. The Hall–Kier alpha value is -3.05. The summed E-state index contributed by atoms with van der Waals surface area (Å²) in [6.07, 6.45) is -4.51. The van der Waals surface area contributed by atoms with E-state index in [1.165, 1.54) is 43.3 Å². The molecule has 0 aromatic heterocycles. The molecule has 1 amide bonds. The summed E-state index contributed by atoms with van der Waals surface area (Å²) in [6, 6.07) is 11.7. The highest BCUT2D eigenvalue weighted by atomic mass is 35.5. The van der Waals surface area contributed by atoms with Crippen molar-refractivity contribution in [2.45, 2.75) is 32.4 Å². The van der Waals surface area contributed by atoms with Crippen molar-refractivity contribution >= 4 is 29.2 Å². The molecular weight excluding hydrogens is 433 g/mol. The number of amides is 1. The average molecular weight is 453 g/mol. The quantitative estimate of drug-likeness (QED) is 0.588. The number of halogens is 4. The molecule has 0 saturated heterocycles. The molecule has 164 valence electrons. The zero-order valence-corrected chi connectivity index (χ0v) is 17.5. The minimum Gasteiger partial charge on any atom is -0.481 e. The zero-order valence-electron chi connectivity index (χ0n) is 16.7. The van der Waals surface area contributed by atoms with Gasteiger partial charge in [-0.15, -0.1) is 0 Å². The third kappa shape index (κ3) is 6.22. The monoisotopic (exact) mass is 452 g/mol. The summed E-state index contributed by atoms with van der Waals surface area (Å²) >= 11 is 5.82. The number of nitriles is 1. The van der Waals surface area contributed by atoms with Gasteiger partial charge in [-0.1, -0.05) is 43.6 Å². The number of benzene rings is 2. The number of carboxylic acid groups (broad SMARTS) is 1. The van der Waals surface area contributed by atoms with E-state index in [9.17, 15) is 28.0 Å². The lowest BCUT2D eigenvalue weighted by atomic mass is 9.85. The van der Waals surface area contributed by atoms with E-state index in [2.05, 4.69) is 5.32 Å². The molecule has 2 aromatic rings. The van der Waals surface area contributed by atoms with E-state index in [1.54, 1.807) is 6.07 Å². The Morgan fingerprint density at radius 3 is 2.29 bits per heavy atom. The number of nitrogens with one attached hydrogen (secondary N) is 1. The molecule has 0 bridgehead atoms. The maximum absolute atomic E-state index is 13.5. The fourth-order valence-electron chi connectivity index (χ4n) is 3.10. The second kappa shape index (κ2) is 9.84. The van der Waals surface area contributed by atoms with Gasteiger partial charge in [-0.05, 0) is 41.8 Å². The van der Waals surface area contributed by atoms with Crippen LogP contribution in [0.2, 0.25) is 5.02 Å². The second-order valence-corrected chi connectivity index (χ2v) is 7.72. The Kier molecular flexibility index (Phi) is 7.69. The highest BCUT2D eigenvalue weighted by molar-refractivity contribution is 6.30. The average Bonchev–Trinajstić information content (AvgIpc) is 2.69. The van der Waals surface area contributed by atoms with Gasteiger partial charge >= 0.3 is 12.1 Å². The Labute approximate surface area is 182 Å². The van der Waals surface area contributed by atoms with Gasteiger partial charge in [0.15, 0.2) is 0 Å². The van der Waals surface area contributed by atoms with E-state index in [4.69, 9.17) is 16.7 Å². The van der Waals surface area contributed by atoms with Crippen LogP contribution < -0.4 is 5.32 Å². The minimum absolute atomic E-state index is 0.0240. The van der Waals surface area contributed by atoms with E-state index in [0.29, 0.717) is 10.6 Å². The first-order valence-electron chi connectivity index (χ1n) is 9.33. The van der Waals surface area contributed by atoms with Crippen LogP contribution in [0.15, 0.2) is 42.5 Å². The molecule has 0 fully saturated rings. The molecule has 0 aliphatic carbocycles. The van der Waals surface area contributed by atoms with E-state index in [1.807, 2.05) is 6.07 Å². The topological polar surface area (TPSA) is 90.2 Å². The van der Waals surface area contributed by atoms with Gasteiger partial charge in [-0.2, -0.15) is 18.4 Å². The van der Waals surface area contributed by atoms with Gasteiger partial charge < -0.3 is 10.4 Å². The van der Waals surface area contributed by atoms with Gasteiger partial charge in [-0.3, -0.25) is 9.59 Å². The highest BCUT2D eigenvalue weighted by Gasteiger charge is 2.45. The zero-order chi connectivity index (χ0) is 23.3. The first-order chi connectivity index (χ1) is 14.4. The summed E-state index contributed by atoms with van der Waals surface area (Å²) in [7, 11) is 0. The minimum atomic E-state index is -4.64. The number of hydrogen-bond donors (Lipinski definition) is 2. The van der Waals surface area contributed by atoms with E-state index in [0.717, 1.165) is 6.92 Å². The predicted molar refractivity (Wildman–Crippen MR) is 110 cm³/mol. The number of aliphatic carboxylic acids is 1. The normalized spacial score (nSPS) is 14.2. The summed E-state index contributed by atoms with van der Waals surface area (Å²) in [5.74, 6) is -6.26. The number of rotatable bonds is 7. The number of alkyl halides is 3. The molecular formula is C22H20ClF3N2O3. The number of carbonyl (C=O) groups excluding carboxylic acids is 1. The maximum atomic E-state index is 13.5. The van der Waals surface area contributed by atoms with Crippen LogP contribution >= 0.6 is 11.6 Å². The smallest absolute Gasteiger partial charge is 0.392 e. The van der Waals surface area contributed by atoms with Crippen molar-refractivity contribution in [1.82, 2.24) is 0 Å². The molecule has 2 N–H and O–H groups in total. The second-order valence-electron chi connectivity index (χ2n) is 7.28. The molecule has 31 heavy (non-hydrogen) atoms. The third-order valence-corrected chi connectivity index (χ3v) is 5.21. The molecule has 0 spiro atoms. The van der Waals surface area contributed by atoms with Gasteiger partial charge in [0.25, 0.3) is 0 Å². The Balaban J connectivity index is 2.41. The summed E-state index contributed by atoms with van der Waals surface area (Å²) in [4.78, 5) is 24.0. The van der Waals surface area contributed by atoms with Crippen LogP contribution in [-0.2, 0) is 16.0 Å². The van der Waals surface area contributed by atoms with Crippen LogP contribution in [0.1, 0.15) is 36.5 Å². The van der Waals surface area contributed by atoms with Crippen LogP contribution in [0.25, 0.3) is 0 Å². The van der Waals surface area contributed by atoms with Crippen molar-refractivity contribution in [3.05, 3.63) is 64.2 Å². The van der Waals surface area contributed by atoms with Gasteiger partial charge in [0.05, 0.1) is 29.0 Å². The van der Waals surface area contributed by atoms with E-state index in [-0.39, 0.29) is 23.2 Å². The summed E-state index contributed by atoms with van der Waals surface area (Å²) in [6.45, 7) is 2.41. The number of carbonyl (C=O) groups is 2. The molecule has 2 aromatic carbocycles. The molecule has 3 unspecified atom stereocenters. The molecule has 0 radical (unpaired) electrons. The van der Waals surface area contributed by atoms with Crippen LogP contribution in [0.3, 0.4) is 0 Å². The SMILES string of the molecule is CC(Cc1ccc(C#N)c(NC(=O)C(c2ccc(Cl)cc2)C(C)C(F)(F)F)c1)C(=O)O. The number of hydrogen-bond acceptors (Lipinski definition) is 3. The number of anilines is 1. The largest absolute Gasteiger partial charge is 0.481 e. The molecule has 5 nitrogen and oxygen atoms in total. The first kappa shape index (κ1) is 24.2. The van der Waals surface area contributed by atoms with Crippen molar-refractivity contribution in [2.75, 3.05) is 5.32 Å². The van der Waals surface area contributed by atoms with Gasteiger partial charge in [0, 0.05) is 5.02 Å². The summed E-state index contributed by atoms with van der Waals surface area (Å²) in [5, 5.41) is 21.1.